The first-order chi connectivity index (χ1) is 42.6. The molecule has 1 spiro atoms. The van der Waals surface area contributed by atoms with Gasteiger partial charge in [-0.2, -0.15) is 0 Å². The number of H-pyrrole nitrogens is 2. The molecule has 0 radical (unpaired) electrons. The molecule has 3 saturated carbocycles. The van der Waals surface area contributed by atoms with Crippen LogP contribution in [0, 0.1) is 52.8 Å². The summed E-state index contributed by atoms with van der Waals surface area (Å²) in [7, 11) is 1.51. The second-order valence-corrected chi connectivity index (χ2v) is 25.6. The van der Waals surface area contributed by atoms with Crippen molar-refractivity contribution >= 4 is 45.5 Å². The van der Waals surface area contributed by atoms with E-state index in [9.17, 15) is 45.3 Å². The number of ether oxygens (including phenoxy) is 3. The summed E-state index contributed by atoms with van der Waals surface area (Å²) in [6.07, 6.45) is 6.83. The van der Waals surface area contributed by atoms with E-state index in [4.69, 9.17) is 14.2 Å². The van der Waals surface area contributed by atoms with E-state index in [1.54, 1.807) is 37.3 Å². The fourth-order valence-electron chi connectivity index (χ4n) is 17.0. The van der Waals surface area contributed by atoms with Crippen molar-refractivity contribution in [1.29, 1.82) is 0 Å². The highest BCUT2D eigenvalue weighted by atomic mass is 16.5. The van der Waals surface area contributed by atoms with Gasteiger partial charge in [0, 0.05) is 78.7 Å². The number of aromatic nitrogens is 3. The lowest BCUT2D eigenvalue weighted by Gasteiger charge is -2.58. The number of hydrogen-bond donors (Lipinski definition) is 10. The molecular weight excluding hydrogens is 1120 g/mol. The lowest BCUT2D eigenvalue weighted by molar-refractivity contribution is -0.149. The number of phenolic OH excluding ortho intramolecular Hbond substituents is 3. The molecular formula is C71H80N4O13. The van der Waals surface area contributed by atoms with Crippen LogP contribution in [0.5, 0.6) is 28.7 Å². The van der Waals surface area contributed by atoms with Gasteiger partial charge in [0.1, 0.15) is 37.0 Å². The van der Waals surface area contributed by atoms with Crippen molar-refractivity contribution in [3.8, 4) is 51.8 Å². The van der Waals surface area contributed by atoms with Crippen molar-refractivity contribution in [2.24, 2.45) is 40.9 Å². The molecule has 0 unspecified atom stereocenters. The minimum absolute atomic E-state index is 0.0159. The number of rotatable bonds is 17. The Morgan fingerprint density at radius 3 is 2.55 bits per heavy atom. The molecule has 0 saturated heterocycles. The highest BCUT2D eigenvalue weighted by Gasteiger charge is 2.68. The number of aromatic amines is 2. The number of aliphatic hydroxyl groups excluding tert-OH is 4. The zero-order chi connectivity index (χ0) is 61.4. The van der Waals surface area contributed by atoms with Gasteiger partial charge in [0.2, 0.25) is 0 Å². The molecule has 88 heavy (non-hydrogen) atoms. The highest BCUT2D eigenvalue weighted by Crippen LogP contribution is 2.70. The maximum absolute atomic E-state index is 15.6. The fourth-order valence-corrected chi connectivity index (χ4v) is 17.0. The van der Waals surface area contributed by atoms with E-state index in [1.807, 2.05) is 54.7 Å². The van der Waals surface area contributed by atoms with E-state index >= 15 is 4.79 Å². The van der Waals surface area contributed by atoms with Gasteiger partial charge in [-0.05, 0) is 182 Å². The monoisotopic (exact) mass is 1200 g/mol. The first-order valence-electron chi connectivity index (χ1n) is 31.2. The summed E-state index contributed by atoms with van der Waals surface area (Å²) in [5.41, 5.74) is 7.29. The number of Topliss-reactive ketones (excluding diaryl/α,β-unsaturated/α-hetero) is 1. The van der Waals surface area contributed by atoms with Crippen molar-refractivity contribution < 1.29 is 64.3 Å². The highest BCUT2D eigenvalue weighted by molar-refractivity contribution is 5.95. The van der Waals surface area contributed by atoms with Gasteiger partial charge in [-0.15, -0.1) is 0 Å². The number of allylic oxidation sites excluding steroid dienone is 1. The average molecular weight is 1200 g/mol. The minimum atomic E-state index is -0.906. The van der Waals surface area contributed by atoms with Crippen LogP contribution in [0.1, 0.15) is 111 Å². The lowest BCUT2D eigenvalue weighted by Crippen LogP contribution is -2.56. The third-order valence-corrected chi connectivity index (χ3v) is 20.4. The van der Waals surface area contributed by atoms with Gasteiger partial charge < -0.3 is 74.6 Å². The molecule has 7 aromatic rings. The Kier molecular flexibility index (Phi) is 17.4. The lowest BCUT2D eigenvalue weighted by atomic mass is 9.46. The molecule has 3 fully saturated rings. The first kappa shape index (κ1) is 60.4. The van der Waals surface area contributed by atoms with Gasteiger partial charge in [0.25, 0.3) is 0 Å². The summed E-state index contributed by atoms with van der Waals surface area (Å²) in [4.78, 5) is 51.6. The predicted octanol–water partition coefficient (Wildman–Crippen LogP) is 9.40. The second-order valence-electron chi connectivity index (χ2n) is 25.6. The minimum Gasteiger partial charge on any atom is -0.508 e. The first-order valence-corrected chi connectivity index (χ1v) is 31.2. The number of aryl methyl sites for hydroxylation is 1. The number of β-amino-alcohol motifs (C(OH)–C–C–N with tert-alkyl or cyclic N) is 1. The summed E-state index contributed by atoms with van der Waals surface area (Å²) in [5.74, 6) is 3.46. The maximum atomic E-state index is 15.6. The van der Waals surface area contributed by atoms with Crippen LogP contribution < -0.4 is 14.8 Å². The van der Waals surface area contributed by atoms with Crippen molar-refractivity contribution in [3.63, 3.8) is 0 Å². The van der Waals surface area contributed by atoms with Crippen molar-refractivity contribution in [2.75, 3.05) is 33.5 Å². The second kappa shape index (κ2) is 25.3. The maximum Gasteiger partial charge on any atom is 0.318 e. The molecule has 17 nitrogen and oxygen atoms in total. The number of phenols is 3. The molecule has 462 valence electrons. The predicted molar refractivity (Wildman–Crippen MR) is 333 cm³/mol. The van der Waals surface area contributed by atoms with Gasteiger partial charge >= 0.3 is 5.97 Å². The molecule has 4 aliphatic carbocycles. The Balaban J connectivity index is 1.05. The largest absolute Gasteiger partial charge is 0.508 e. The molecule has 17 heteroatoms. The summed E-state index contributed by atoms with van der Waals surface area (Å²) in [6.45, 7) is 1.92. The Morgan fingerprint density at radius 1 is 0.909 bits per heavy atom. The molecule has 10 N–H and O–H groups in total. The average Bonchev–Trinajstić information content (AvgIpc) is 1.51. The number of carbonyl (C=O) groups excluding carboxylic acids is 3. The quantitative estimate of drug-likeness (QED) is 0.0231. The number of nitrogens with zero attached hydrogens (tertiary/aromatic N) is 1. The number of aromatic hydroxyl groups is 3. The third kappa shape index (κ3) is 11.5. The molecule has 1 aliphatic heterocycles. The van der Waals surface area contributed by atoms with Crippen LogP contribution >= 0.6 is 0 Å². The number of carbonyl (C=O) groups is 3. The Hall–Kier alpha value is -7.85. The van der Waals surface area contributed by atoms with E-state index in [2.05, 4.69) is 43.8 Å². The number of benzene rings is 4. The summed E-state index contributed by atoms with van der Waals surface area (Å²) in [6, 6.07) is 27.8. The smallest absolute Gasteiger partial charge is 0.318 e. The van der Waals surface area contributed by atoms with Gasteiger partial charge in [-0.1, -0.05) is 54.3 Å². The van der Waals surface area contributed by atoms with Gasteiger partial charge in [-0.25, -0.2) is 0 Å². The SMILES string of the molecule is COc1cc2c(cc1O)C1=C[C@H]3C[C@]4(C[C@@](Cn5c(-c6cccc(O)c6)cc6[nH]ccc65)(NC[C@H](C)O)[C@H](CCCO)[C@@H]4C=O)[C@@H]4C[C@@H](O)CC[C@@H]4[C@@H]3[C@@H]2CC(=O)C[C@@H](CCc2ccc(O)c(OCCO)c2)OC(=O)CC#CCc2c1[nH]c1ccccc21. The molecule has 0 amide bonds. The topological polar surface area (TPSA) is 269 Å². The van der Waals surface area contributed by atoms with E-state index in [1.165, 1.54) is 13.2 Å². The number of hydrogen-bond acceptors (Lipinski definition) is 14. The van der Waals surface area contributed by atoms with Crippen LogP contribution in [0.15, 0.2) is 103 Å². The Morgan fingerprint density at radius 2 is 1.75 bits per heavy atom. The van der Waals surface area contributed by atoms with Crippen molar-refractivity contribution in [1.82, 2.24) is 19.9 Å². The molecule has 4 aromatic carbocycles. The van der Waals surface area contributed by atoms with Crippen LogP contribution in [0.2, 0.25) is 0 Å². The summed E-state index contributed by atoms with van der Waals surface area (Å²) in [5, 5.41) is 82.0. The summed E-state index contributed by atoms with van der Waals surface area (Å²) >= 11 is 0. The van der Waals surface area contributed by atoms with E-state index in [0.717, 1.165) is 67.4 Å². The molecule has 4 heterocycles. The van der Waals surface area contributed by atoms with E-state index in [0.29, 0.717) is 63.5 Å². The Bertz CT molecular complexity index is 3830. The standard InChI is InChI=1S/C71H80N4O13/c1-41(79)37-73-71(40-75-61-22-23-72-60(61)35-62(75)43-9-7-10-45(80)28-43)39-70(58(38-78)56(71)13-8-24-76)36-44-29-55-52-33-64(84)65(86-2)34-53(52)54(68(44)51-20-18-46(81)32-57(51)70)31-47(82)30-48(19-16-42-17-21-63(83)66(27-42)87-26-25-77)88-67(85)15-6-4-12-50-49-11-3-5-14-59(49)74-69(50)55/h3,5,7,9-11,14,17,21-23,27-29,33-35,38,41,44,46,48,51,54,56-58,68,72-74,76-77,79-81,83-84H,8,12-13,15-16,18-20,24-26,30-32,36-37,39-40H2,1-2H3/t41-,44-,46-,48+,51-,54+,56+,57+,58-,68+,70-,71-/m0/s1. The van der Waals surface area contributed by atoms with Crippen molar-refractivity contribution in [3.05, 3.63) is 131 Å². The molecule has 2 bridgehead atoms. The summed E-state index contributed by atoms with van der Waals surface area (Å²) < 4.78 is 20.0. The molecule has 5 aliphatic rings. The van der Waals surface area contributed by atoms with Crippen LogP contribution in [-0.2, 0) is 38.5 Å². The zero-order valence-electron chi connectivity index (χ0n) is 49.9. The number of aldehydes is 1. The number of para-hydroxylation sites is 1. The third-order valence-electron chi connectivity index (χ3n) is 20.4. The number of esters is 1. The van der Waals surface area contributed by atoms with Crippen LogP contribution in [0.4, 0.5) is 0 Å². The van der Waals surface area contributed by atoms with E-state index in [-0.39, 0.29) is 123 Å². The Labute approximate surface area is 511 Å². The van der Waals surface area contributed by atoms with E-state index < -0.39 is 47.1 Å². The van der Waals surface area contributed by atoms with Crippen LogP contribution in [0.3, 0.4) is 0 Å². The van der Waals surface area contributed by atoms with Crippen LogP contribution in [0.25, 0.3) is 38.8 Å². The molecule has 12 rings (SSSR count). The van der Waals surface area contributed by atoms with Gasteiger partial charge in [0.05, 0.1) is 48.3 Å². The normalized spacial score (nSPS) is 27.3. The van der Waals surface area contributed by atoms with Gasteiger partial charge in [-0.3, -0.25) is 9.59 Å². The van der Waals surface area contributed by atoms with Crippen LogP contribution in [-0.4, -0.2) is 126 Å². The number of fused-ring (bicyclic) bond motifs is 10. The molecule has 12 atom stereocenters. The number of methoxy groups -OCH3 is 1. The van der Waals surface area contributed by atoms with Gasteiger partial charge in [0.15, 0.2) is 23.0 Å². The molecule has 3 aromatic heterocycles. The number of nitrogens with one attached hydrogen (secondary N) is 3. The van der Waals surface area contributed by atoms with Crippen molar-refractivity contribution in [2.45, 2.75) is 127 Å². The zero-order valence-corrected chi connectivity index (χ0v) is 49.9. The number of aliphatic hydroxyl groups is 4. The number of cyclic esters (lactones) is 1. The number of ketones is 1. The fraction of sp³-hybridized carbons (Fsp3) is 0.451.